The zero-order valence-electron chi connectivity index (χ0n) is 10.2. The highest BCUT2D eigenvalue weighted by Crippen LogP contribution is 2.29. The number of H-pyrrole nitrogens is 1. The van der Waals surface area contributed by atoms with Gasteiger partial charge in [0.2, 0.25) is 5.91 Å². The minimum absolute atomic E-state index is 0.00519. The molecular formula is C14H15FN2O. The third-order valence-electron chi connectivity index (χ3n) is 3.56. The van der Waals surface area contributed by atoms with Crippen molar-refractivity contribution < 1.29 is 9.18 Å². The molecule has 0 aliphatic heterocycles. The van der Waals surface area contributed by atoms with E-state index in [4.69, 9.17) is 0 Å². The summed E-state index contributed by atoms with van der Waals surface area (Å²) in [5.41, 5.74) is 3.30. The summed E-state index contributed by atoms with van der Waals surface area (Å²) in [6.07, 6.45) is 2.59. The number of carbonyl (C=O) groups excluding carboxylic acids is 1. The number of hydrogen-bond acceptors (Lipinski definition) is 1. The van der Waals surface area contributed by atoms with Crippen LogP contribution in [0.25, 0.3) is 10.9 Å². The van der Waals surface area contributed by atoms with Crippen LogP contribution in [0.2, 0.25) is 0 Å². The number of fused-ring (bicyclic) bond motifs is 3. The van der Waals surface area contributed by atoms with E-state index in [0.29, 0.717) is 0 Å². The van der Waals surface area contributed by atoms with Crippen molar-refractivity contribution in [3.05, 3.63) is 35.3 Å². The summed E-state index contributed by atoms with van der Waals surface area (Å²) in [4.78, 5) is 14.4. The molecule has 1 aliphatic carbocycles. The molecule has 1 unspecified atom stereocenters. The van der Waals surface area contributed by atoms with Gasteiger partial charge in [-0.3, -0.25) is 4.79 Å². The first-order valence-electron chi connectivity index (χ1n) is 6.19. The van der Waals surface area contributed by atoms with Crippen LogP contribution in [0.4, 0.5) is 4.39 Å². The molecule has 94 valence electrons. The molecule has 3 rings (SSSR count). The second-order valence-corrected chi connectivity index (χ2v) is 4.91. The van der Waals surface area contributed by atoms with Crippen molar-refractivity contribution in [2.24, 2.45) is 0 Å². The third kappa shape index (κ3) is 1.88. The first-order valence-corrected chi connectivity index (χ1v) is 6.19. The average molecular weight is 246 g/mol. The fourth-order valence-electron chi connectivity index (χ4n) is 2.81. The highest BCUT2D eigenvalue weighted by molar-refractivity contribution is 5.85. The number of rotatable bonds is 1. The number of carbonyl (C=O) groups is 1. The van der Waals surface area contributed by atoms with E-state index in [9.17, 15) is 9.18 Å². The van der Waals surface area contributed by atoms with Gasteiger partial charge in [0, 0.05) is 36.0 Å². The normalized spacial score (nSPS) is 18.7. The maximum absolute atomic E-state index is 13.3. The van der Waals surface area contributed by atoms with Gasteiger partial charge in [0.15, 0.2) is 0 Å². The van der Waals surface area contributed by atoms with Crippen LogP contribution in [0.5, 0.6) is 0 Å². The van der Waals surface area contributed by atoms with Gasteiger partial charge in [0.05, 0.1) is 0 Å². The number of benzene rings is 1. The molecule has 4 heteroatoms. The van der Waals surface area contributed by atoms with E-state index in [1.165, 1.54) is 18.6 Å². The molecule has 2 N–H and O–H groups in total. The van der Waals surface area contributed by atoms with E-state index in [0.717, 1.165) is 35.9 Å². The fraction of sp³-hybridized carbons (Fsp3) is 0.357. The Balaban J connectivity index is 1.97. The summed E-state index contributed by atoms with van der Waals surface area (Å²) in [5.74, 6) is -0.195. The van der Waals surface area contributed by atoms with Crippen LogP contribution in [-0.4, -0.2) is 16.9 Å². The Bertz CT molecular complexity index is 618. The van der Waals surface area contributed by atoms with Crippen molar-refractivity contribution in [3.8, 4) is 0 Å². The molecule has 0 fully saturated rings. The molecule has 1 heterocycles. The molecule has 1 aromatic heterocycles. The predicted molar refractivity (Wildman–Crippen MR) is 67.9 cm³/mol. The third-order valence-corrected chi connectivity index (χ3v) is 3.56. The summed E-state index contributed by atoms with van der Waals surface area (Å²) >= 11 is 0. The average Bonchev–Trinajstić information content (AvgIpc) is 2.65. The lowest BCUT2D eigenvalue weighted by atomic mass is 9.92. The number of aryl methyl sites for hydroxylation is 1. The molecular weight excluding hydrogens is 231 g/mol. The van der Waals surface area contributed by atoms with E-state index in [-0.39, 0.29) is 17.8 Å². The number of amides is 1. The second-order valence-electron chi connectivity index (χ2n) is 4.91. The molecule has 1 amide bonds. The molecule has 1 aliphatic rings. The molecule has 3 nitrogen and oxygen atoms in total. The van der Waals surface area contributed by atoms with Crippen LogP contribution < -0.4 is 5.32 Å². The molecule has 0 saturated heterocycles. The summed E-state index contributed by atoms with van der Waals surface area (Å²) in [7, 11) is 0. The van der Waals surface area contributed by atoms with E-state index in [1.807, 2.05) is 0 Å². The molecule has 2 aromatic rings. The van der Waals surface area contributed by atoms with Crippen molar-refractivity contribution in [1.82, 2.24) is 10.3 Å². The molecule has 0 radical (unpaired) electrons. The summed E-state index contributed by atoms with van der Waals surface area (Å²) in [6, 6.07) is 5.02. The number of aromatic nitrogens is 1. The van der Waals surface area contributed by atoms with Crippen LogP contribution in [0.1, 0.15) is 24.6 Å². The van der Waals surface area contributed by atoms with Gasteiger partial charge in [-0.1, -0.05) is 0 Å². The predicted octanol–water partition coefficient (Wildman–Crippen LogP) is 2.30. The van der Waals surface area contributed by atoms with Crippen LogP contribution in [0, 0.1) is 5.82 Å². The summed E-state index contributed by atoms with van der Waals surface area (Å²) < 4.78 is 13.3. The summed E-state index contributed by atoms with van der Waals surface area (Å²) in [6.45, 7) is 1.54. The maximum Gasteiger partial charge on any atom is 0.217 e. The van der Waals surface area contributed by atoms with Gasteiger partial charge in [-0.2, -0.15) is 0 Å². The van der Waals surface area contributed by atoms with Gasteiger partial charge in [-0.15, -0.1) is 0 Å². The Morgan fingerprint density at radius 3 is 3.11 bits per heavy atom. The molecule has 1 aromatic carbocycles. The molecule has 0 spiro atoms. The summed E-state index contributed by atoms with van der Waals surface area (Å²) in [5, 5.41) is 3.92. The topological polar surface area (TPSA) is 44.9 Å². The lowest BCUT2D eigenvalue weighted by molar-refractivity contribution is -0.119. The van der Waals surface area contributed by atoms with Gasteiger partial charge in [0.25, 0.3) is 0 Å². The van der Waals surface area contributed by atoms with Gasteiger partial charge >= 0.3 is 0 Å². The standard InChI is InChI=1S/C14H15FN2O/c1-8(18)16-10-3-4-11-12-6-9(15)2-5-13(12)17-14(11)7-10/h2,5-6,10,17H,3-4,7H2,1H3,(H,16,18). The Hall–Kier alpha value is -1.84. The fourth-order valence-corrected chi connectivity index (χ4v) is 2.81. The minimum Gasteiger partial charge on any atom is -0.358 e. The lowest BCUT2D eigenvalue weighted by Crippen LogP contribution is -2.37. The van der Waals surface area contributed by atoms with E-state index in [2.05, 4.69) is 10.3 Å². The SMILES string of the molecule is CC(=O)NC1CCc2c([nH]c3ccc(F)cc23)C1. The van der Waals surface area contributed by atoms with Crippen molar-refractivity contribution in [1.29, 1.82) is 0 Å². The van der Waals surface area contributed by atoms with Crippen LogP contribution in [-0.2, 0) is 17.6 Å². The monoisotopic (exact) mass is 246 g/mol. The van der Waals surface area contributed by atoms with E-state index < -0.39 is 0 Å². The Morgan fingerprint density at radius 1 is 1.50 bits per heavy atom. The van der Waals surface area contributed by atoms with E-state index in [1.54, 1.807) is 12.1 Å². The van der Waals surface area contributed by atoms with Crippen LogP contribution >= 0.6 is 0 Å². The Labute approximate surface area is 104 Å². The zero-order chi connectivity index (χ0) is 12.7. The van der Waals surface area contributed by atoms with Crippen molar-refractivity contribution >= 4 is 16.8 Å². The van der Waals surface area contributed by atoms with Crippen LogP contribution in [0.15, 0.2) is 18.2 Å². The van der Waals surface area contributed by atoms with Gasteiger partial charge < -0.3 is 10.3 Å². The number of aromatic amines is 1. The van der Waals surface area contributed by atoms with Crippen molar-refractivity contribution in [2.75, 3.05) is 0 Å². The highest BCUT2D eigenvalue weighted by atomic mass is 19.1. The highest BCUT2D eigenvalue weighted by Gasteiger charge is 2.22. The largest absolute Gasteiger partial charge is 0.358 e. The molecule has 1 atom stereocenters. The first kappa shape index (κ1) is 11.3. The van der Waals surface area contributed by atoms with E-state index >= 15 is 0 Å². The zero-order valence-corrected chi connectivity index (χ0v) is 10.2. The number of halogens is 1. The maximum atomic E-state index is 13.3. The van der Waals surface area contributed by atoms with Gasteiger partial charge in [-0.25, -0.2) is 4.39 Å². The quantitative estimate of drug-likeness (QED) is 0.796. The van der Waals surface area contributed by atoms with Gasteiger partial charge in [-0.05, 0) is 36.6 Å². The number of nitrogens with one attached hydrogen (secondary N) is 2. The molecule has 0 bridgehead atoms. The molecule has 0 saturated carbocycles. The Kier molecular flexibility index (Phi) is 2.58. The minimum atomic E-state index is -0.201. The Morgan fingerprint density at radius 2 is 2.33 bits per heavy atom. The van der Waals surface area contributed by atoms with Crippen molar-refractivity contribution in [3.63, 3.8) is 0 Å². The van der Waals surface area contributed by atoms with Crippen LogP contribution in [0.3, 0.4) is 0 Å². The van der Waals surface area contributed by atoms with Crippen molar-refractivity contribution in [2.45, 2.75) is 32.2 Å². The first-order chi connectivity index (χ1) is 8.63. The number of hydrogen-bond donors (Lipinski definition) is 2. The smallest absolute Gasteiger partial charge is 0.217 e. The second kappa shape index (κ2) is 4.12. The van der Waals surface area contributed by atoms with Gasteiger partial charge in [0.1, 0.15) is 5.82 Å². The lowest BCUT2D eigenvalue weighted by Gasteiger charge is -2.22. The molecule has 18 heavy (non-hydrogen) atoms.